The number of thioether (sulfide) groups is 1. The normalized spacial score (nSPS) is 10.5. The largest absolute Gasteiger partial charge is 0.496 e. The molecular weight excluding hydrogens is 474 g/mol. The van der Waals surface area contributed by atoms with Gasteiger partial charge in [-0.15, -0.1) is 10.2 Å². The maximum absolute atomic E-state index is 13.4. The van der Waals surface area contributed by atoms with Crippen LogP contribution in [-0.2, 0) is 4.79 Å². The molecule has 0 unspecified atom stereocenters. The number of nitrogens with zero attached hydrogens (tertiary/aromatic N) is 5. The first-order chi connectivity index (χ1) is 17.7. The van der Waals surface area contributed by atoms with E-state index in [1.165, 1.54) is 11.8 Å². The monoisotopic (exact) mass is 499 g/mol. The summed E-state index contributed by atoms with van der Waals surface area (Å²) in [6.45, 7) is 0.258. The van der Waals surface area contributed by atoms with Crippen molar-refractivity contribution in [3.8, 4) is 34.6 Å². The number of methoxy groups -OCH3 is 2. The first-order valence-electron chi connectivity index (χ1n) is 11.2. The van der Waals surface area contributed by atoms with Crippen LogP contribution in [0.3, 0.4) is 0 Å². The molecule has 9 heteroatoms. The van der Waals surface area contributed by atoms with Crippen molar-refractivity contribution in [1.82, 2.24) is 14.8 Å². The van der Waals surface area contributed by atoms with Gasteiger partial charge in [-0.25, -0.2) is 0 Å². The third-order valence-corrected chi connectivity index (χ3v) is 6.36. The topological polar surface area (TPSA) is 93.3 Å². The van der Waals surface area contributed by atoms with Gasteiger partial charge in [0.1, 0.15) is 11.5 Å². The SMILES string of the molecule is COc1ccccc1-c1nnc(SCC(=O)N(CCC#N)c2ccccc2OC)n1-c1ccccc1. The Morgan fingerprint density at radius 1 is 0.944 bits per heavy atom. The zero-order valence-corrected chi connectivity index (χ0v) is 20.8. The number of benzene rings is 3. The second-order valence-electron chi connectivity index (χ2n) is 7.59. The van der Waals surface area contributed by atoms with E-state index in [0.717, 1.165) is 11.3 Å². The van der Waals surface area contributed by atoms with Gasteiger partial charge in [-0.1, -0.05) is 54.2 Å². The molecule has 0 radical (unpaired) electrons. The van der Waals surface area contributed by atoms with E-state index in [1.54, 1.807) is 25.2 Å². The molecule has 1 amide bonds. The smallest absolute Gasteiger partial charge is 0.237 e. The number of hydrogen-bond acceptors (Lipinski definition) is 7. The van der Waals surface area contributed by atoms with Crippen molar-refractivity contribution in [2.75, 3.05) is 31.4 Å². The van der Waals surface area contributed by atoms with Crippen molar-refractivity contribution in [3.63, 3.8) is 0 Å². The Hall–Kier alpha value is -4.29. The molecule has 0 aliphatic rings. The zero-order chi connectivity index (χ0) is 25.3. The number of amides is 1. The van der Waals surface area contributed by atoms with Crippen LogP contribution in [0.1, 0.15) is 6.42 Å². The van der Waals surface area contributed by atoms with Gasteiger partial charge in [-0.2, -0.15) is 5.26 Å². The highest BCUT2D eigenvalue weighted by Crippen LogP contribution is 2.34. The van der Waals surface area contributed by atoms with E-state index < -0.39 is 0 Å². The van der Waals surface area contributed by atoms with Crippen molar-refractivity contribution < 1.29 is 14.3 Å². The van der Waals surface area contributed by atoms with E-state index >= 15 is 0 Å². The summed E-state index contributed by atoms with van der Waals surface area (Å²) < 4.78 is 12.9. The average Bonchev–Trinajstić information content (AvgIpc) is 3.36. The summed E-state index contributed by atoms with van der Waals surface area (Å²) in [5.41, 5.74) is 2.28. The number of aromatic nitrogens is 3. The molecule has 1 aromatic heterocycles. The number of ether oxygens (including phenoxy) is 2. The highest BCUT2D eigenvalue weighted by Gasteiger charge is 2.23. The van der Waals surface area contributed by atoms with Crippen molar-refractivity contribution in [3.05, 3.63) is 78.9 Å². The molecule has 1 heterocycles. The number of para-hydroxylation sites is 4. The quantitative estimate of drug-likeness (QED) is 0.284. The van der Waals surface area contributed by atoms with Crippen LogP contribution < -0.4 is 14.4 Å². The van der Waals surface area contributed by atoms with Crippen LogP contribution in [-0.4, -0.2) is 47.2 Å². The van der Waals surface area contributed by atoms with Crippen LogP contribution >= 0.6 is 11.8 Å². The molecule has 0 fully saturated rings. The fraction of sp³-hybridized carbons (Fsp3) is 0.185. The van der Waals surface area contributed by atoms with Gasteiger partial charge in [0.2, 0.25) is 5.91 Å². The Labute approximate surface area is 214 Å². The maximum Gasteiger partial charge on any atom is 0.237 e. The summed E-state index contributed by atoms with van der Waals surface area (Å²) in [5.74, 6) is 1.79. The lowest BCUT2D eigenvalue weighted by Gasteiger charge is -2.23. The molecule has 0 aliphatic carbocycles. The lowest BCUT2D eigenvalue weighted by Crippen LogP contribution is -2.33. The fourth-order valence-electron chi connectivity index (χ4n) is 3.78. The lowest BCUT2D eigenvalue weighted by atomic mass is 10.2. The summed E-state index contributed by atoms with van der Waals surface area (Å²) in [4.78, 5) is 15.0. The van der Waals surface area contributed by atoms with Crippen LogP contribution in [0.2, 0.25) is 0 Å². The molecule has 0 atom stereocenters. The summed E-state index contributed by atoms with van der Waals surface area (Å²) >= 11 is 1.28. The van der Waals surface area contributed by atoms with Crippen molar-refractivity contribution in [2.45, 2.75) is 11.6 Å². The first-order valence-corrected chi connectivity index (χ1v) is 12.2. The lowest BCUT2D eigenvalue weighted by molar-refractivity contribution is -0.116. The molecule has 0 N–H and O–H groups in total. The van der Waals surface area contributed by atoms with Gasteiger partial charge < -0.3 is 14.4 Å². The van der Waals surface area contributed by atoms with Gasteiger partial charge in [0, 0.05) is 12.2 Å². The van der Waals surface area contributed by atoms with Crippen molar-refractivity contribution in [2.24, 2.45) is 0 Å². The van der Waals surface area contributed by atoms with Crippen LogP contribution in [0.4, 0.5) is 5.69 Å². The Balaban J connectivity index is 1.67. The zero-order valence-electron chi connectivity index (χ0n) is 20.0. The standard InChI is InChI=1S/C27H25N5O3S/c1-34-23-15-8-6-13-21(23)26-29-30-27(32(26)20-11-4-3-5-12-20)36-19-25(33)31(18-10-17-28)22-14-7-9-16-24(22)35-2/h3-9,11-16H,10,18-19H2,1-2H3. The van der Waals surface area contributed by atoms with Crippen LogP contribution in [0.25, 0.3) is 17.1 Å². The Bertz CT molecular complexity index is 1370. The number of nitriles is 1. The predicted octanol–water partition coefficient (Wildman–Crippen LogP) is 4.99. The average molecular weight is 500 g/mol. The predicted molar refractivity (Wildman–Crippen MR) is 140 cm³/mol. The van der Waals surface area contributed by atoms with Crippen LogP contribution in [0.15, 0.2) is 84.0 Å². The van der Waals surface area contributed by atoms with Gasteiger partial charge in [-0.3, -0.25) is 9.36 Å². The number of anilines is 1. The maximum atomic E-state index is 13.4. The molecule has 4 aromatic rings. The summed E-state index contributed by atoms with van der Waals surface area (Å²) in [6, 6.07) is 26.7. The van der Waals surface area contributed by atoms with E-state index in [4.69, 9.17) is 14.7 Å². The second-order valence-corrected chi connectivity index (χ2v) is 8.53. The van der Waals surface area contributed by atoms with E-state index in [0.29, 0.717) is 28.2 Å². The van der Waals surface area contributed by atoms with Gasteiger partial charge in [0.15, 0.2) is 11.0 Å². The molecule has 182 valence electrons. The summed E-state index contributed by atoms with van der Waals surface area (Å²) in [5, 5.41) is 18.6. The van der Waals surface area contributed by atoms with Crippen molar-refractivity contribution >= 4 is 23.4 Å². The van der Waals surface area contributed by atoms with Crippen LogP contribution in [0.5, 0.6) is 11.5 Å². The third-order valence-electron chi connectivity index (χ3n) is 5.44. The minimum absolute atomic E-state index is 0.0976. The molecule has 0 aliphatic heterocycles. The van der Waals surface area contributed by atoms with Gasteiger partial charge >= 0.3 is 0 Å². The van der Waals surface area contributed by atoms with E-state index in [9.17, 15) is 4.79 Å². The number of hydrogen-bond donors (Lipinski definition) is 0. The molecule has 4 rings (SSSR count). The second kappa shape index (κ2) is 11.9. The Morgan fingerprint density at radius 3 is 2.33 bits per heavy atom. The number of rotatable bonds is 10. The summed E-state index contributed by atoms with van der Waals surface area (Å²) in [6.07, 6.45) is 0.201. The fourth-order valence-corrected chi connectivity index (χ4v) is 4.60. The molecule has 0 spiro atoms. The van der Waals surface area contributed by atoms with E-state index in [2.05, 4.69) is 16.3 Å². The molecule has 3 aromatic carbocycles. The first kappa shape index (κ1) is 24.8. The highest BCUT2D eigenvalue weighted by molar-refractivity contribution is 7.99. The summed E-state index contributed by atoms with van der Waals surface area (Å²) in [7, 11) is 3.17. The minimum atomic E-state index is -0.166. The number of carbonyl (C=O) groups is 1. The van der Waals surface area contributed by atoms with Gasteiger partial charge in [0.05, 0.1) is 43.7 Å². The highest BCUT2D eigenvalue weighted by atomic mass is 32.2. The molecule has 0 bridgehead atoms. The third kappa shape index (κ3) is 5.34. The van der Waals surface area contributed by atoms with E-state index in [1.807, 2.05) is 77.4 Å². The molecule has 0 saturated carbocycles. The van der Waals surface area contributed by atoms with E-state index in [-0.39, 0.29) is 24.6 Å². The molecule has 0 saturated heterocycles. The minimum Gasteiger partial charge on any atom is -0.496 e. The molecule has 8 nitrogen and oxygen atoms in total. The van der Waals surface area contributed by atoms with Gasteiger partial charge in [-0.05, 0) is 36.4 Å². The molecule has 36 heavy (non-hydrogen) atoms. The Kier molecular flexibility index (Phi) is 8.21. The number of carbonyl (C=O) groups excluding carboxylic acids is 1. The molecular formula is C27H25N5O3S. The Morgan fingerprint density at radius 2 is 1.61 bits per heavy atom. The van der Waals surface area contributed by atoms with Gasteiger partial charge in [0.25, 0.3) is 0 Å². The van der Waals surface area contributed by atoms with Crippen LogP contribution in [0, 0.1) is 11.3 Å². The van der Waals surface area contributed by atoms with Crippen molar-refractivity contribution in [1.29, 1.82) is 5.26 Å².